The van der Waals surface area contributed by atoms with Crippen LogP contribution in [-0.4, -0.2) is 49.7 Å². The van der Waals surface area contributed by atoms with E-state index in [2.05, 4.69) is 61.2 Å². The molecule has 0 amide bonds. The number of nitrogens with one attached hydrogen (secondary N) is 2. The van der Waals surface area contributed by atoms with Gasteiger partial charge in [-0.25, -0.2) is 4.99 Å². The molecule has 0 spiro atoms. The van der Waals surface area contributed by atoms with Gasteiger partial charge in [-0.3, -0.25) is 4.90 Å². The molecular weight excluding hydrogens is 312 g/mol. The predicted octanol–water partition coefficient (Wildman–Crippen LogP) is 3.26. The van der Waals surface area contributed by atoms with Crippen LogP contribution in [0, 0.1) is 0 Å². The van der Waals surface area contributed by atoms with E-state index >= 15 is 0 Å². The van der Waals surface area contributed by atoms with Crippen molar-refractivity contribution in [2.45, 2.75) is 59.7 Å². The highest BCUT2D eigenvalue weighted by Gasteiger charge is 2.12. The smallest absolute Gasteiger partial charge is 0.191 e. The fourth-order valence-electron chi connectivity index (χ4n) is 2.92. The van der Waals surface area contributed by atoms with Crippen LogP contribution in [0.4, 0.5) is 0 Å². The van der Waals surface area contributed by atoms with Gasteiger partial charge in [0.05, 0.1) is 13.7 Å². The van der Waals surface area contributed by atoms with E-state index in [1.165, 1.54) is 0 Å². The van der Waals surface area contributed by atoms with Crippen LogP contribution in [0.25, 0.3) is 0 Å². The maximum atomic E-state index is 5.39. The maximum absolute atomic E-state index is 5.39. The molecule has 0 fully saturated rings. The van der Waals surface area contributed by atoms with E-state index in [1.54, 1.807) is 7.11 Å². The molecular formula is C20H36N4O. The molecule has 0 aromatic heterocycles. The van der Waals surface area contributed by atoms with Crippen LogP contribution in [0.15, 0.2) is 29.3 Å². The van der Waals surface area contributed by atoms with Gasteiger partial charge in [0, 0.05) is 37.3 Å². The second kappa shape index (κ2) is 11.7. The molecule has 2 N–H and O–H groups in total. The van der Waals surface area contributed by atoms with Crippen LogP contribution in [-0.2, 0) is 6.54 Å². The number of ether oxygens (including phenoxy) is 1. The molecule has 142 valence electrons. The second-order valence-electron chi connectivity index (χ2n) is 6.71. The van der Waals surface area contributed by atoms with Crippen LogP contribution < -0.4 is 15.4 Å². The van der Waals surface area contributed by atoms with Gasteiger partial charge in [0.1, 0.15) is 5.75 Å². The Hall–Kier alpha value is -1.75. The standard InChI is InChI=1S/C20H36N4O/c1-7-21-20(22-13-10-14-24(16(2)3)17(4)5)23-15-18-11-8-9-12-19(18)25-6/h8-9,11-12,16-17H,7,10,13-15H2,1-6H3,(H2,21,22,23). The molecule has 5 nitrogen and oxygen atoms in total. The van der Waals surface area contributed by atoms with Crippen LogP contribution in [0.5, 0.6) is 5.75 Å². The van der Waals surface area contributed by atoms with Crippen molar-refractivity contribution >= 4 is 5.96 Å². The van der Waals surface area contributed by atoms with E-state index < -0.39 is 0 Å². The minimum Gasteiger partial charge on any atom is -0.496 e. The summed E-state index contributed by atoms with van der Waals surface area (Å²) in [6.07, 6.45) is 1.09. The molecule has 0 bridgehead atoms. The Balaban J connectivity index is 2.53. The Morgan fingerprint density at radius 2 is 1.80 bits per heavy atom. The Morgan fingerprint density at radius 1 is 1.12 bits per heavy atom. The van der Waals surface area contributed by atoms with Gasteiger partial charge in [0.25, 0.3) is 0 Å². The molecule has 0 radical (unpaired) electrons. The highest BCUT2D eigenvalue weighted by Crippen LogP contribution is 2.17. The largest absolute Gasteiger partial charge is 0.496 e. The summed E-state index contributed by atoms with van der Waals surface area (Å²) in [4.78, 5) is 7.19. The minimum atomic E-state index is 0.576. The monoisotopic (exact) mass is 348 g/mol. The normalized spacial score (nSPS) is 12.1. The van der Waals surface area contributed by atoms with Crippen molar-refractivity contribution in [2.75, 3.05) is 26.7 Å². The Bertz CT molecular complexity index is 506. The van der Waals surface area contributed by atoms with Crippen LogP contribution >= 0.6 is 0 Å². The predicted molar refractivity (Wildman–Crippen MR) is 107 cm³/mol. The van der Waals surface area contributed by atoms with Gasteiger partial charge in [-0.05, 0) is 47.1 Å². The van der Waals surface area contributed by atoms with Crippen LogP contribution in [0.2, 0.25) is 0 Å². The summed E-state index contributed by atoms with van der Waals surface area (Å²) in [7, 11) is 1.70. The molecule has 5 heteroatoms. The molecule has 0 atom stereocenters. The van der Waals surface area contributed by atoms with Gasteiger partial charge < -0.3 is 15.4 Å². The van der Waals surface area contributed by atoms with E-state index in [4.69, 9.17) is 4.74 Å². The van der Waals surface area contributed by atoms with Crippen molar-refractivity contribution in [3.63, 3.8) is 0 Å². The van der Waals surface area contributed by atoms with Crippen molar-refractivity contribution in [1.29, 1.82) is 0 Å². The lowest BCUT2D eigenvalue weighted by molar-refractivity contribution is 0.173. The fraction of sp³-hybridized carbons (Fsp3) is 0.650. The third-order valence-corrected chi connectivity index (χ3v) is 4.16. The molecule has 0 aliphatic heterocycles. The Labute approximate surface area is 153 Å². The SMILES string of the molecule is CCNC(=NCc1ccccc1OC)NCCCN(C(C)C)C(C)C. The number of methoxy groups -OCH3 is 1. The van der Waals surface area contributed by atoms with E-state index in [0.29, 0.717) is 18.6 Å². The first-order valence-electron chi connectivity index (χ1n) is 9.39. The molecule has 25 heavy (non-hydrogen) atoms. The Kier molecular flexibility index (Phi) is 10.0. The first kappa shape index (κ1) is 21.3. The number of rotatable bonds is 10. The van der Waals surface area contributed by atoms with E-state index in [1.807, 2.05) is 18.2 Å². The topological polar surface area (TPSA) is 48.9 Å². The van der Waals surface area contributed by atoms with Gasteiger partial charge in [-0.2, -0.15) is 0 Å². The third-order valence-electron chi connectivity index (χ3n) is 4.16. The number of benzene rings is 1. The number of hydrogen-bond acceptors (Lipinski definition) is 3. The summed E-state index contributed by atoms with van der Waals surface area (Å²) in [5.74, 6) is 1.74. The van der Waals surface area contributed by atoms with Crippen molar-refractivity contribution < 1.29 is 4.74 Å². The number of guanidine groups is 1. The molecule has 0 heterocycles. The quantitative estimate of drug-likeness (QED) is 0.387. The van der Waals surface area contributed by atoms with Crippen LogP contribution in [0.3, 0.4) is 0 Å². The molecule has 0 saturated carbocycles. The summed E-state index contributed by atoms with van der Waals surface area (Å²) in [6, 6.07) is 9.16. The van der Waals surface area contributed by atoms with Gasteiger partial charge in [-0.15, -0.1) is 0 Å². The highest BCUT2D eigenvalue weighted by atomic mass is 16.5. The molecule has 1 aromatic carbocycles. The second-order valence-corrected chi connectivity index (χ2v) is 6.71. The molecule has 0 unspecified atom stereocenters. The summed E-state index contributed by atoms with van der Waals surface area (Å²) in [6.45, 7) is 14.6. The molecule has 1 aromatic rings. The van der Waals surface area contributed by atoms with E-state index in [-0.39, 0.29) is 0 Å². The first-order chi connectivity index (χ1) is 12.0. The number of nitrogens with zero attached hydrogens (tertiary/aromatic N) is 2. The van der Waals surface area contributed by atoms with E-state index in [9.17, 15) is 0 Å². The number of para-hydroxylation sites is 1. The van der Waals surface area contributed by atoms with Gasteiger partial charge in [0.15, 0.2) is 5.96 Å². The van der Waals surface area contributed by atoms with Gasteiger partial charge >= 0.3 is 0 Å². The van der Waals surface area contributed by atoms with Gasteiger partial charge in [-0.1, -0.05) is 18.2 Å². The summed E-state index contributed by atoms with van der Waals surface area (Å²) in [5.41, 5.74) is 1.09. The average Bonchev–Trinajstić information content (AvgIpc) is 2.58. The summed E-state index contributed by atoms with van der Waals surface area (Å²) < 4.78 is 5.39. The lowest BCUT2D eigenvalue weighted by Crippen LogP contribution is -2.41. The summed E-state index contributed by atoms with van der Waals surface area (Å²) >= 11 is 0. The van der Waals surface area contributed by atoms with Crippen molar-refractivity contribution in [3.8, 4) is 5.75 Å². The first-order valence-corrected chi connectivity index (χ1v) is 9.39. The molecule has 0 aliphatic rings. The molecule has 0 aliphatic carbocycles. The number of hydrogen-bond donors (Lipinski definition) is 2. The zero-order chi connectivity index (χ0) is 18.7. The highest BCUT2D eigenvalue weighted by molar-refractivity contribution is 5.79. The fourth-order valence-corrected chi connectivity index (χ4v) is 2.92. The average molecular weight is 349 g/mol. The summed E-state index contributed by atoms with van der Waals surface area (Å²) in [5, 5.41) is 6.74. The van der Waals surface area contributed by atoms with Crippen molar-refractivity contribution in [1.82, 2.24) is 15.5 Å². The zero-order valence-corrected chi connectivity index (χ0v) is 16.8. The minimum absolute atomic E-state index is 0.576. The molecule has 1 rings (SSSR count). The lowest BCUT2D eigenvalue weighted by atomic mass is 10.2. The molecule has 0 saturated heterocycles. The van der Waals surface area contributed by atoms with Gasteiger partial charge in [0.2, 0.25) is 0 Å². The Morgan fingerprint density at radius 3 is 2.40 bits per heavy atom. The lowest BCUT2D eigenvalue weighted by Gasteiger charge is -2.30. The van der Waals surface area contributed by atoms with E-state index in [0.717, 1.165) is 43.3 Å². The third kappa shape index (κ3) is 7.78. The van der Waals surface area contributed by atoms with Crippen molar-refractivity contribution in [3.05, 3.63) is 29.8 Å². The number of aliphatic imine (C=N–C) groups is 1. The maximum Gasteiger partial charge on any atom is 0.191 e. The van der Waals surface area contributed by atoms with Crippen LogP contribution in [0.1, 0.15) is 46.6 Å². The van der Waals surface area contributed by atoms with Crippen molar-refractivity contribution in [2.24, 2.45) is 4.99 Å². The zero-order valence-electron chi connectivity index (χ0n) is 16.8.